The summed E-state index contributed by atoms with van der Waals surface area (Å²) in [6, 6.07) is 11.8. The Bertz CT molecular complexity index is 854. The molecule has 0 atom stereocenters. The van der Waals surface area contributed by atoms with Crippen molar-refractivity contribution in [1.82, 2.24) is 0 Å². The molecule has 1 fully saturated rings. The minimum atomic E-state index is -0.542. The van der Waals surface area contributed by atoms with Crippen LogP contribution in [0.15, 0.2) is 48.5 Å². The molecular formula is C22H21BF2O2. The summed E-state index contributed by atoms with van der Waals surface area (Å²) in [5.41, 5.74) is 0.687. The van der Waals surface area contributed by atoms with Crippen molar-refractivity contribution in [2.75, 3.05) is 0 Å². The third-order valence-corrected chi connectivity index (χ3v) is 4.44. The van der Waals surface area contributed by atoms with Gasteiger partial charge in [0.25, 0.3) is 0 Å². The van der Waals surface area contributed by atoms with Crippen LogP contribution in [0.2, 0.25) is 0 Å². The van der Waals surface area contributed by atoms with Crippen LogP contribution in [0.25, 0.3) is 0 Å². The minimum absolute atomic E-state index is 0.256. The van der Waals surface area contributed by atoms with Gasteiger partial charge < -0.3 is 9.31 Å². The lowest BCUT2D eigenvalue weighted by molar-refractivity contribution is 0.00578. The summed E-state index contributed by atoms with van der Waals surface area (Å²) >= 11 is 0. The van der Waals surface area contributed by atoms with Crippen LogP contribution in [0.4, 0.5) is 8.78 Å². The van der Waals surface area contributed by atoms with E-state index in [1.807, 2.05) is 27.7 Å². The second-order valence-electron chi connectivity index (χ2n) is 7.02. The highest BCUT2D eigenvalue weighted by atomic mass is 19.1. The molecule has 2 aromatic rings. The average molecular weight is 366 g/mol. The Morgan fingerprint density at radius 1 is 0.778 bits per heavy atom. The van der Waals surface area contributed by atoms with Crippen molar-refractivity contribution < 1.29 is 18.1 Å². The van der Waals surface area contributed by atoms with E-state index < -0.39 is 7.12 Å². The molecule has 0 N–H and O–H groups in total. The maximum Gasteiger partial charge on any atom is 0.551 e. The highest BCUT2D eigenvalue weighted by Gasteiger charge is 2.50. The molecule has 27 heavy (non-hydrogen) atoms. The fraction of sp³-hybridized carbons (Fsp3) is 0.273. The van der Waals surface area contributed by atoms with Crippen molar-refractivity contribution in [3.05, 3.63) is 71.3 Å². The molecule has 3 rings (SSSR count). The number of hydrogen-bond donors (Lipinski definition) is 0. The predicted octanol–water partition coefficient (Wildman–Crippen LogP) is 4.62. The van der Waals surface area contributed by atoms with E-state index in [4.69, 9.17) is 15.7 Å². The van der Waals surface area contributed by atoms with Gasteiger partial charge in [0.1, 0.15) is 11.6 Å². The van der Waals surface area contributed by atoms with Gasteiger partial charge in [-0.1, -0.05) is 17.7 Å². The molecule has 0 radical (unpaired) electrons. The molecule has 5 heteroatoms. The van der Waals surface area contributed by atoms with E-state index >= 15 is 0 Å². The smallest absolute Gasteiger partial charge is 0.392 e. The second kappa shape index (κ2) is 8.40. The van der Waals surface area contributed by atoms with Crippen LogP contribution in [-0.4, -0.2) is 18.3 Å². The summed E-state index contributed by atoms with van der Waals surface area (Å²) < 4.78 is 36.4. The van der Waals surface area contributed by atoms with Crippen LogP contribution in [-0.2, 0) is 9.31 Å². The molecule has 1 aliphatic rings. The summed E-state index contributed by atoms with van der Waals surface area (Å²) in [5, 5.41) is 0. The fourth-order valence-corrected chi connectivity index (χ4v) is 2.12. The van der Waals surface area contributed by atoms with Crippen molar-refractivity contribution in [3.8, 4) is 24.1 Å². The topological polar surface area (TPSA) is 18.5 Å². The Hall–Kier alpha value is -2.60. The number of terminal acetylenes is 1. The van der Waals surface area contributed by atoms with Crippen molar-refractivity contribution in [2.45, 2.75) is 38.9 Å². The molecule has 1 heterocycles. The normalized spacial score (nSPS) is 16.4. The third kappa shape index (κ3) is 5.69. The van der Waals surface area contributed by atoms with Crippen LogP contribution in [0.1, 0.15) is 38.8 Å². The first-order chi connectivity index (χ1) is 12.6. The molecule has 2 aromatic carbocycles. The molecule has 138 valence electrons. The lowest BCUT2D eigenvalue weighted by atomic mass is 9.90. The zero-order chi connectivity index (χ0) is 20.1. The second-order valence-corrected chi connectivity index (χ2v) is 7.02. The van der Waals surface area contributed by atoms with Crippen molar-refractivity contribution >= 4 is 7.12 Å². The fourth-order valence-electron chi connectivity index (χ4n) is 2.12. The maximum atomic E-state index is 12.7. The predicted molar refractivity (Wildman–Crippen MR) is 104 cm³/mol. The van der Waals surface area contributed by atoms with Crippen LogP contribution < -0.4 is 0 Å². The van der Waals surface area contributed by atoms with Gasteiger partial charge in [0.2, 0.25) is 0 Å². The van der Waals surface area contributed by atoms with Gasteiger partial charge in [0.05, 0.1) is 11.2 Å². The van der Waals surface area contributed by atoms with Gasteiger partial charge in [-0.15, -0.1) is 6.42 Å². The molecule has 1 saturated heterocycles. The standard InChI is InChI=1S/C14H16BFO2.C8H5F/c1-13(2)14(3,4)18-15(17-13)10-9-11-5-7-12(16)8-6-11;1-2-7-3-5-8(9)6-4-7/h5-8H,1-4H3;1,3-6H. The Morgan fingerprint density at radius 3 is 1.59 bits per heavy atom. The molecule has 0 bridgehead atoms. The molecule has 1 aliphatic heterocycles. The molecular weight excluding hydrogens is 345 g/mol. The van der Waals surface area contributed by atoms with Gasteiger partial charge in [-0.05, 0) is 76.2 Å². The zero-order valence-electron chi connectivity index (χ0n) is 15.8. The monoisotopic (exact) mass is 366 g/mol. The average Bonchev–Trinajstić information content (AvgIpc) is 2.83. The van der Waals surface area contributed by atoms with E-state index in [9.17, 15) is 8.78 Å². The van der Waals surface area contributed by atoms with Crippen molar-refractivity contribution in [1.29, 1.82) is 0 Å². The molecule has 0 saturated carbocycles. The maximum absolute atomic E-state index is 12.7. The van der Waals surface area contributed by atoms with Crippen LogP contribution in [0.5, 0.6) is 0 Å². The van der Waals surface area contributed by atoms with E-state index in [2.05, 4.69) is 17.7 Å². The summed E-state index contributed by atoms with van der Waals surface area (Å²) in [4.78, 5) is 0. The van der Waals surface area contributed by atoms with Gasteiger partial charge in [-0.25, -0.2) is 8.78 Å². The molecule has 2 nitrogen and oxygen atoms in total. The van der Waals surface area contributed by atoms with Crippen molar-refractivity contribution in [2.24, 2.45) is 0 Å². The first-order valence-corrected chi connectivity index (χ1v) is 8.48. The quantitative estimate of drug-likeness (QED) is 0.501. The number of halogens is 2. The van der Waals surface area contributed by atoms with Gasteiger partial charge in [-0.3, -0.25) is 0 Å². The molecule has 0 spiro atoms. The first kappa shape index (κ1) is 20.7. The van der Waals surface area contributed by atoms with Crippen LogP contribution in [0, 0.1) is 35.7 Å². The number of benzene rings is 2. The molecule has 0 amide bonds. The number of hydrogen-bond acceptors (Lipinski definition) is 2. The van der Waals surface area contributed by atoms with Crippen LogP contribution >= 0.6 is 0 Å². The Morgan fingerprint density at radius 2 is 1.19 bits per heavy atom. The van der Waals surface area contributed by atoms with Gasteiger partial charge in [0, 0.05) is 11.1 Å². The van der Waals surface area contributed by atoms with E-state index in [0.717, 1.165) is 5.56 Å². The largest absolute Gasteiger partial charge is 0.551 e. The van der Waals surface area contributed by atoms with E-state index in [0.29, 0.717) is 5.56 Å². The lowest BCUT2D eigenvalue weighted by Gasteiger charge is -2.32. The third-order valence-electron chi connectivity index (χ3n) is 4.44. The summed E-state index contributed by atoms with van der Waals surface area (Å²) in [6.45, 7) is 7.91. The van der Waals surface area contributed by atoms with Crippen molar-refractivity contribution in [3.63, 3.8) is 0 Å². The summed E-state index contributed by atoms with van der Waals surface area (Å²) in [7, 11) is -0.542. The minimum Gasteiger partial charge on any atom is -0.392 e. The SMILES string of the molecule is C#Cc1ccc(F)cc1.CC1(C)OB(C#Cc2ccc(F)cc2)OC1(C)C. The molecule has 0 unspecified atom stereocenters. The van der Waals surface area contributed by atoms with E-state index in [1.54, 1.807) is 24.3 Å². The summed E-state index contributed by atoms with van der Waals surface area (Å²) in [6.07, 6.45) is 5.03. The van der Waals surface area contributed by atoms with Gasteiger partial charge in [0.15, 0.2) is 0 Å². The Kier molecular flexibility index (Phi) is 6.44. The lowest BCUT2D eigenvalue weighted by Crippen LogP contribution is -2.41. The molecule has 0 aromatic heterocycles. The van der Waals surface area contributed by atoms with Gasteiger partial charge >= 0.3 is 7.12 Å². The summed E-state index contributed by atoms with van der Waals surface area (Å²) in [5.74, 6) is 7.70. The van der Waals surface area contributed by atoms with E-state index in [1.165, 1.54) is 24.3 Å². The highest BCUT2D eigenvalue weighted by molar-refractivity contribution is 6.55. The Balaban J connectivity index is 0.000000244. The van der Waals surface area contributed by atoms with E-state index in [-0.39, 0.29) is 22.8 Å². The zero-order valence-corrected chi connectivity index (χ0v) is 15.8. The highest BCUT2D eigenvalue weighted by Crippen LogP contribution is 2.36. The number of rotatable bonds is 0. The first-order valence-electron chi connectivity index (χ1n) is 8.48. The van der Waals surface area contributed by atoms with Crippen LogP contribution in [0.3, 0.4) is 0 Å². The molecule has 0 aliphatic carbocycles. The Labute approximate surface area is 160 Å². The van der Waals surface area contributed by atoms with Gasteiger partial charge in [-0.2, -0.15) is 0 Å².